The molecule has 2 aromatic carbocycles. The second-order valence-corrected chi connectivity index (χ2v) is 6.00. The van der Waals surface area contributed by atoms with E-state index in [1.54, 1.807) is 36.4 Å². The van der Waals surface area contributed by atoms with Crippen molar-refractivity contribution in [2.75, 3.05) is 0 Å². The van der Waals surface area contributed by atoms with Crippen LogP contribution in [0.15, 0.2) is 64.6 Å². The minimum Gasteiger partial charge on any atom is -0.507 e. The van der Waals surface area contributed by atoms with E-state index in [1.165, 1.54) is 18.2 Å². The van der Waals surface area contributed by atoms with Gasteiger partial charge in [-0.15, -0.1) is 0 Å². The molecule has 5 nitrogen and oxygen atoms in total. The number of rotatable bonds is 5. The van der Waals surface area contributed by atoms with E-state index in [0.717, 1.165) is 0 Å². The van der Waals surface area contributed by atoms with Crippen LogP contribution >= 0.6 is 0 Å². The molecule has 0 spiro atoms. The van der Waals surface area contributed by atoms with Crippen LogP contribution in [0.2, 0.25) is 0 Å². The molecular weight excluding hydrogens is 288 g/mol. The lowest BCUT2D eigenvalue weighted by molar-refractivity contribution is 0.474. The van der Waals surface area contributed by atoms with E-state index in [2.05, 4.69) is 9.93 Å². The summed E-state index contributed by atoms with van der Waals surface area (Å²) in [5.41, 5.74) is 0.975. The maximum Gasteiger partial charge on any atom is 0.276 e. The maximum absolute atomic E-state index is 12.1. The molecule has 21 heavy (non-hydrogen) atoms. The lowest BCUT2D eigenvalue weighted by atomic mass is 10.1. The molecule has 6 heteroatoms. The van der Waals surface area contributed by atoms with Crippen molar-refractivity contribution >= 4 is 15.7 Å². The SMILES string of the molecule is CCC(=NNS(=O)(=O)c1ccccc1)c1ccccc1O. The molecule has 0 fully saturated rings. The molecule has 0 heterocycles. The number of para-hydroxylation sites is 1. The Morgan fingerprint density at radius 2 is 1.71 bits per heavy atom. The third-order valence-corrected chi connectivity index (χ3v) is 4.13. The van der Waals surface area contributed by atoms with Gasteiger partial charge in [0.15, 0.2) is 0 Å². The molecule has 110 valence electrons. The van der Waals surface area contributed by atoms with Gasteiger partial charge in [-0.2, -0.15) is 18.4 Å². The normalized spacial score (nSPS) is 12.1. The Kier molecular flexibility index (Phi) is 4.59. The largest absolute Gasteiger partial charge is 0.507 e. The van der Waals surface area contributed by atoms with Crippen LogP contribution in [0.5, 0.6) is 5.75 Å². The number of sulfonamides is 1. The summed E-state index contributed by atoms with van der Waals surface area (Å²) in [6, 6.07) is 14.7. The van der Waals surface area contributed by atoms with Crippen LogP contribution in [-0.2, 0) is 10.0 Å². The minimum atomic E-state index is -3.71. The average molecular weight is 304 g/mol. The summed E-state index contributed by atoms with van der Waals surface area (Å²) in [4.78, 5) is 2.34. The van der Waals surface area contributed by atoms with Gasteiger partial charge in [0, 0.05) is 5.56 Å². The lowest BCUT2D eigenvalue weighted by Gasteiger charge is -2.08. The molecule has 0 radical (unpaired) electrons. The second kappa shape index (κ2) is 6.41. The highest BCUT2D eigenvalue weighted by molar-refractivity contribution is 7.89. The number of hydrogen-bond donors (Lipinski definition) is 2. The van der Waals surface area contributed by atoms with E-state index in [0.29, 0.717) is 17.7 Å². The number of hydrogen-bond acceptors (Lipinski definition) is 4. The summed E-state index contributed by atoms with van der Waals surface area (Å²) in [5, 5.41) is 13.7. The van der Waals surface area contributed by atoms with Crippen molar-refractivity contribution in [3.63, 3.8) is 0 Å². The fourth-order valence-corrected chi connectivity index (χ4v) is 2.67. The first-order valence-corrected chi connectivity index (χ1v) is 7.94. The summed E-state index contributed by atoms with van der Waals surface area (Å²) in [6.45, 7) is 1.84. The molecular formula is C15H16N2O3S. The van der Waals surface area contributed by atoms with Crippen LogP contribution < -0.4 is 4.83 Å². The van der Waals surface area contributed by atoms with Gasteiger partial charge >= 0.3 is 0 Å². The topological polar surface area (TPSA) is 78.8 Å². The zero-order chi connectivity index (χ0) is 15.3. The van der Waals surface area contributed by atoms with Gasteiger partial charge in [0.25, 0.3) is 10.0 Å². The Labute approximate surface area is 124 Å². The zero-order valence-corrected chi connectivity index (χ0v) is 12.3. The Balaban J connectivity index is 2.29. The van der Waals surface area contributed by atoms with Gasteiger partial charge in [0.2, 0.25) is 0 Å². The molecule has 0 aliphatic carbocycles. The van der Waals surface area contributed by atoms with Crippen molar-refractivity contribution in [1.82, 2.24) is 4.83 Å². The number of nitrogens with one attached hydrogen (secondary N) is 1. The molecule has 0 saturated carbocycles. The van der Waals surface area contributed by atoms with E-state index < -0.39 is 10.0 Å². The van der Waals surface area contributed by atoms with Crippen LogP contribution in [0.3, 0.4) is 0 Å². The maximum atomic E-state index is 12.1. The number of benzene rings is 2. The molecule has 0 unspecified atom stereocenters. The van der Waals surface area contributed by atoms with Crippen molar-refractivity contribution in [3.05, 3.63) is 60.2 Å². The van der Waals surface area contributed by atoms with Gasteiger partial charge in [-0.1, -0.05) is 37.3 Å². The molecule has 0 atom stereocenters. The smallest absolute Gasteiger partial charge is 0.276 e. The highest BCUT2D eigenvalue weighted by Crippen LogP contribution is 2.18. The van der Waals surface area contributed by atoms with E-state index in [9.17, 15) is 13.5 Å². The number of hydrazone groups is 1. The zero-order valence-electron chi connectivity index (χ0n) is 11.5. The Morgan fingerprint density at radius 3 is 2.33 bits per heavy atom. The molecule has 0 saturated heterocycles. The van der Waals surface area contributed by atoms with Crippen LogP contribution in [0.4, 0.5) is 0 Å². The molecule has 0 aliphatic rings. The van der Waals surface area contributed by atoms with Crippen LogP contribution in [0.25, 0.3) is 0 Å². The standard InChI is InChI=1S/C15H16N2O3S/c1-2-14(13-10-6-7-11-15(13)18)16-17-21(19,20)12-8-4-3-5-9-12/h3-11,17-18H,2H2,1H3. The quantitative estimate of drug-likeness (QED) is 0.658. The summed E-state index contributed by atoms with van der Waals surface area (Å²) in [6.07, 6.45) is 0.481. The van der Waals surface area contributed by atoms with E-state index in [1.807, 2.05) is 6.92 Å². The predicted molar refractivity (Wildman–Crippen MR) is 81.7 cm³/mol. The monoisotopic (exact) mass is 304 g/mol. The molecule has 0 aromatic heterocycles. The van der Waals surface area contributed by atoms with Crippen molar-refractivity contribution in [1.29, 1.82) is 0 Å². The summed E-state index contributed by atoms with van der Waals surface area (Å²) >= 11 is 0. The molecule has 0 bridgehead atoms. The highest BCUT2D eigenvalue weighted by atomic mass is 32.2. The number of aromatic hydroxyl groups is 1. The van der Waals surface area contributed by atoms with Gasteiger partial charge in [-0.3, -0.25) is 0 Å². The number of nitrogens with zero attached hydrogens (tertiary/aromatic N) is 1. The fourth-order valence-electron chi connectivity index (χ4n) is 1.81. The molecule has 0 aliphatic heterocycles. The summed E-state index contributed by atoms with van der Waals surface area (Å²) in [5.74, 6) is 0.0667. The van der Waals surface area contributed by atoms with Gasteiger partial charge < -0.3 is 5.11 Å². The first kappa shape index (κ1) is 15.1. The first-order valence-electron chi connectivity index (χ1n) is 6.46. The van der Waals surface area contributed by atoms with Gasteiger partial charge in [0.05, 0.1) is 10.6 Å². The minimum absolute atomic E-state index is 0.0667. The van der Waals surface area contributed by atoms with E-state index in [4.69, 9.17) is 0 Å². The Hall–Kier alpha value is -2.34. The third kappa shape index (κ3) is 3.61. The predicted octanol–water partition coefficient (Wildman–Crippen LogP) is 2.48. The highest BCUT2D eigenvalue weighted by Gasteiger charge is 2.13. The van der Waals surface area contributed by atoms with Gasteiger partial charge in [-0.25, -0.2) is 0 Å². The first-order chi connectivity index (χ1) is 10.0. The van der Waals surface area contributed by atoms with Crippen molar-refractivity contribution in [3.8, 4) is 5.75 Å². The van der Waals surface area contributed by atoms with E-state index in [-0.39, 0.29) is 10.6 Å². The molecule has 2 aromatic rings. The number of phenols is 1. The van der Waals surface area contributed by atoms with Gasteiger partial charge in [-0.05, 0) is 30.7 Å². The Bertz CT molecular complexity index is 741. The van der Waals surface area contributed by atoms with Crippen molar-refractivity contribution in [2.45, 2.75) is 18.2 Å². The van der Waals surface area contributed by atoms with Gasteiger partial charge in [0.1, 0.15) is 5.75 Å². The van der Waals surface area contributed by atoms with Crippen LogP contribution in [-0.4, -0.2) is 19.2 Å². The third-order valence-electron chi connectivity index (χ3n) is 2.90. The van der Waals surface area contributed by atoms with E-state index >= 15 is 0 Å². The summed E-state index contributed by atoms with van der Waals surface area (Å²) < 4.78 is 24.2. The molecule has 2 N–H and O–H groups in total. The molecule has 2 rings (SSSR count). The lowest BCUT2D eigenvalue weighted by Crippen LogP contribution is -2.20. The van der Waals surface area contributed by atoms with Crippen LogP contribution in [0, 0.1) is 0 Å². The Morgan fingerprint density at radius 1 is 1.10 bits per heavy atom. The van der Waals surface area contributed by atoms with Crippen molar-refractivity contribution < 1.29 is 13.5 Å². The number of phenolic OH excluding ortho intramolecular Hbond substituents is 1. The van der Waals surface area contributed by atoms with Crippen molar-refractivity contribution in [2.24, 2.45) is 5.10 Å². The summed E-state index contributed by atoms with van der Waals surface area (Å²) in [7, 11) is -3.71. The van der Waals surface area contributed by atoms with Crippen LogP contribution in [0.1, 0.15) is 18.9 Å². The average Bonchev–Trinajstić information content (AvgIpc) is 2.50. The second-order valence-electron chi connectivity index (χ2n) is 4.34. The fraction of sp³-hybridized carbons (Fsp3) is 0.133. The molecule has 0 amide bonds.